The second-order valence-electron chi connectivity index (χ2n) is 10.6. The van der Waals surface area contributed by atoms with Crippen molar-refractivity contribution in [3.8, 4) is 11.1 Å². The van der Waals surface area contributed by atoms with Crippen LogP contribution in [0.25, 0.3) is 22.5 Å². The molecule has 6 N–H and O–H groups in total. The Kier molecular flexibility index (Phi) is 10.9. The third kappa shape index (κ3) is 8.07. The zero-order valence-electron chi connectivity index (χ0n) is 25.1. The van der Waals surface area contributed by atoms with Crippen LogP contribution in [0, 0.1) is 13.8 Å². The molecule has 0 saturated heterocycles. The minimum absolute atomic E-state index is 0.646. The van der Waals surface area contributed by atoms with Gasteiger partial charge < -0.3 is 16.4 Å². The molecule has 0 atom stereocenters. The van der Waals surface area contributed by atoms with E-state index in [1.165, 1.54) is 52.0 Å². The van der Waals surface area contributed by atoms with E-state index in [-0.39, 0.29) is 0 Å². The monoisotopic (exact) mass is 578 g/mol. The number of rotatable bonds is 10. The Bertz CT molecular complexity index is 1570. The standard InChI is InChI=1S/C25H27N3OS.C11H15N/c1-16-8-12-20(27-3)15-22(16)25(18-9-10-18)28-23-13-11-19(14-17(23)2)21-6-4-5-7-24(21)30-29-26;1-3-5-10-6-4-7-11(8-10)9(2)12/h4-8,11-15,27-28H,9-10,26H2,1-3H3;4,6-8H,2-3,5,12H2,1H3. The van der Waals surface area contributed by atoms with Crippen LogP contribution >= 0.6 is 12.0 Å². The molecule has 1 saturated carbocycles. The van der Waals surface area contributed by atoms with Gasteiger partial charge in [-0.1, -0.05) is 68.5 Å². The topological polar surface area (TPSA) is 85.3 Å². The van der Waals surface area contributed by atoms with Crippen molar-refractivity contribution in [2.75, 3.05) is 17.7 Å². The maximum atomic E-state index is 5.58. The fourth-order valence-corrected chi connectivity index (χ4v) is 5.37. The Hall–Kier alpha value is -3.97. The predicted molar refractivity (Wildman–Crippen MR) is 182 cm³/mol. The summed E-state index contributed by atoms with van der Waals surface area (Å²) in [4.78, 5) is 1.00. The molecular formula is C36H42N4OS. The molecule has 0 radical (unpaired) electrons. The molecule has 1 fully saturated rings. The summed E-state index contributed by atoms with van der Waals surface area (Å²) >= 11 is 1.18. The van der Waals surface area contributed by atoms with Crippen molar-refractivity contribution in [3.05, 3.63) is 125 Å². The van der Waals surface area contributed by atoms with E-state index in [1.54, 1.807) is 0 Å². The first-order valence-electron chi connectivity index (χ1n) is 14.4. The number of nitrogens with two attached hydrogens (primary N) is 2. The number of nitrogens with one attached hydrogen (secondary N) is 2. The van der Waals surface area contributed by atoms with Crippen LogP contribution in [0.5, 0.6) is 0 Å². The molecule has 5 rings (SSSR count). The minimum Gasteiger partial charge on any atom is -0.399 e. The SMILES string of the molecule is C=C(N)c1cccc(CCC)c1.CNc1ccc(C)c(C(Nc2ccc(-c3ccccc3SON)cc2C)=C2CC2)c1. The summed E-state index contributed by atoms with van der Waals surface area (Å²) in [7, 11) is 1.96. The van der Waals surface area contributed by atoms with Gasteiger partial charge in [-0.05, 0) is 108 Å². The van der Waals surface area contributed by atoms with Gasteiger partial charge in [-0.2, -0.15) is 0 Å². The van der Waals surface area contributed by atoms with Gasteiger partial charge >= 0.3 is 0 Å². The van der Waals surface area contributed by atoms with Crippen LogP contribution in [-0.4, -0.2) is 7.05 Å². The van der Waals surface area contributed by atoms with Gasteiger partial charge in [-0.3, -0.25) is 0 Å². The van der Waals surface area contributed by atoms with Gasteiger partial charge in [0.15, 0.2) is 0 Å². The van der Waals surface area contributed by atoms with Crippen molar-refractivity contribution in [1.82, 2.24) is 0 Å². The summed E-state index contributed by atoms with van der Waals surface area (Å²) in [5.41, 5.74) is 19.6. The molecule has 4 aromatic carbocycles. The summed E-state index contributed by atoms with van der Waals surface area (Å²) in [6.07, 6.45) is 4.60. The Labute approximate surface area is 255 Å². The molecule has 1 aliphatic carbocycles. The lowest BCUT2D eigenvalue weighted by molar-refractivity contribution is 0.398. The van der Waals surface area contributed by atoms with E-state index >= 15 is 0 Å². The van der Waals surface area contributed by atoms with E-state index in [1.807, 2.05) is 37.4 Å². The maximum Gasteiger partial charge on any atom is 0.0528 e. The summed E-state index contributed by atoms with van der Waals surface area (Å²) in [5.74, 6) is 5.28. The van der Waals surface area contributed by atoms with Crippen LogP contribution < -0.4 is 22.3 Å². The van der Waals surface area contributed by atoms with Crippen molar-refractivity contribution < 1.29 is 4.28 Å². The van der Waals surface area contributed by atoms with Gasteiger partial charge in [-0.25, -0.2) is 10.2 Å². The average Bonchev–Trinajstić information content (AvgIpc) is 3.84. The summed E-state index contributed by atoms with van der Waals surface area (Å²) < 4.78 is 4.80. The highest BCUT2D eigenvalue weighted by atomic mass is 32.2. The van der Waals surface area contributed by atoms with Crippen LogP contribution in [0.4, 0.5) is 11.4 Å². The van der Waals surface area contributed by atoms with Crippen molar-refractivity contribution in [3.63, 3.8) is 0 Å². The van der Waals surface area contributed by atoms with Gasteiger partial charge in [0.05, 0.1) is 12.0 Å². The highest BCUT2D eigenvalue weighted by Gasteiger charge is 2.21. The smallest absolute Gasteiger partial charge is 0.0528 e. The average molecular weight is 579 g/mol. The third-order valence-corrected chi connectivity index (χ3v) is 7.94. The van der Waals surface area contributed by atoms with Crippen molar-refractivity contribution in [2.45, 2.75) is 51.3 Å². The second kappa shape index (κ2) is 14.8. The highest BCUT2D eigenvalue weighted by molar-refractivity contribution is 7.94. The quantitative estimate of drug-likeness (QED) is 0.111. The lowest BCUT2D eigenvalue weighted by Gasteiger charge is -2.18. The van der Waals surface area contributed by atoms with Crippen molar-refractivity contribution in [2.24, 2.45) is 11.6 Å². The predicted octanol–water partition coefficient (Wildman–Crippen LogP) is 9.10. The minimum atomic E-state index is 0.646. The Morgan fingerprint density at radius 1 is 0.929 bits per heavy atom. The molecule has 0 unspecified atom stereocenters. The summed E-state index contributed by atoms with van der Waals surface area (Å²) in [6.45, 7) is 10.2. The normalized spacial score (nSPS) is 11.8. The van der Waals surface area contributed by atoms with Gasteiger partial charge in [0, 0.05) is 40.3 Å². The number of hydrogen-bond acceptors (Lipinski definition) is 6. The van der Waals surface area contributed by atoms with E-state index in [0.717, 1.165) is 52.2 Å². The number of hydrogen-bond donors (Lipinski definition) is 4. The van der Waals surface area contributed by atoms with Crippen molar-refractivity contribution in [1.29, 1.82) is 0 Å². The van der Waals surface area contributed by atoms with Gasteiger partial charge in [0.1, 0.15) is 0 Å². The zero-order chi connectivity index (χ0) is 30.1. The first kappa shape index (κ1) is 31.0. The maximum absolute atomic E-state index is 5.58. The first-order chi connectivity index (χ1) is 20.3. The first-order valence-corrected chi connectivity index (χ1v) is 15.1. The molecule has 0 amide bonds. The molecule has 6 heteroatoms. The molecular weight excluding hydrogens is 536 g/mol. The van der Waals surface area contributed by atoms with Crippen LogP contribution in [0.2, 0.25) is 0 Å². The molecule has 0 aromatic heterocycles. The molecule has 0 bridgehead atoms. The number of aryl methyl sites for hydroxylation is 3. The lowest BCUT2D eigenvalue weighted by Crippen LogP contribution is -2.04. The van der Waals surface area contributed by atoms with E-state index in [4.69, 9.17) is 15.9 Å². The van der Waals surface area contributed by atoms with E-state index in [2.05, 4.69) is 92.6 Å². The molecule has 42 heavy (non-hydrogen) atoms. The Morgan fingerprint density at radius 3 is 2.38 bits per heavy atom. The Morgan fingerprint density at radius 2 is 1.71 bits per heavy atom. The van der Waals surface area contributed by atoms with Crippen LogP contribution in [0.3, 0.4) is 0 Å². The number of benzene rings is 4. The van der Waals surface area contributed by atoms with E-state index in [9.17, 15) is 0 Å². The molecule has 0 spiro atoms. The molecule has 218 valence electrons. The number of anilines is 2. The fraction of sp³-hybridized carbons (Fsp3) is 0.222. The molecule has 4 aromatic rings. The van der Waals surface area contributed by atoms with Crippen LogP contribution in [-0.2, 0) is 10.7 Å². The van der Waals surface area contributed by atoms with Gasteiger partial charge in [0.2, 0.25) is 0 Å². The molecule has 5 nitrogen and oxygen atoms in total. The zero-order valence-corrected chi connectivity index (χ0v) is 25.9. The lowest BCUT2D eigenvalue weighted by atomic mass is 10.0. The Balaban J connectivity index is 0.000000283. The van der Waals surface area contributed by atoms with Gasteiger partial charge in [0.25, 0.3) is 0 Å². The second-order valence-corrected chi connectivity index (χ2v) is 11.4. The van der Waals surface area contributed by atoms with Crippen LogP contribution in [0.15, 0.2) is 102 Å². The highest BCUT2D eigenvalue weighted by Crippen LogP contribution is 2.40. The summed E-state index contributed by atoms with van der Waals surface area (Å²) in [6, 6.07) is 29.4. The summed E-state index contributed by atoms with van der Waals surface area (Å²) in [5, 5.41) is 6.99. The fourth-order valence-electron chi connectivity index (χ4n) is 4.86. The molecule has 0 aliphatic heterocycles. The molecule has 1 aliphatic rings. The van der Waals surface area contributed by atoms with E-state index < -0.39 is 0 Å². The molecule has 0 heterocycles. The van der Waals surface area contributed by atoms with Gasteiger partial charge in [-0.15, -0.1) is 0 Å². The number of allylic oxidation sites excluding steroid dienone is 1. The van der Waals surface area contributed by atoms with E-state index in [0.29, 0.717) is 5.70 Å². The third-order valence-electron chi connectivity index (χ3n) is 7.31. The van der Waals surface area contributed by atoms with Crippen LogP contribution in [0.1, 0.15) is 54.0 Å². The largest absolute Gasteiger partial charge is 0.399 e. The van der Waals surface area contributed by atoms with Crippen molar-refractivity contribution >= 4 is 34.8 Å².